The summed E-state index contributed by atoms with van der Waals surface area (Å²) >= 11 is 0. The minimum atomic E-state index is -1.12. The molecule has 5 N–H and O–H groups in total. The highest BCUT2D eigenvalue weighted by molar-refractivity contribution is 5.89. The van der Waals surface area contributed by atoms with Crippen LogP contribution in [0.1, 0.15) is 18.9 Å². The summed E-state index contributed by atoms with van der Waals surface area (Å²) in [4.78, 5) is 33.6. The number of nitrogens with one attached hydrogen (secondary N) is 2. The molecule has 0 aliphatic carbocycles. The van der Waals surface area contributed by atoms with E-state index in [4.69, 9.17) is 10.8 Å². The highest BCUT2D eigenvalue weighted by Crippen LogP contribution is 2.05. The Bertz CT molecular complexity index is 504. The van der Waals surface area contributed by atoms with Crippen molar-refractivity contribution in [3.63, 3.8) is 0 Å². The maximum absolute atomic E-state index is 11.8. The number of benzene rings is 1. The maximum atomic E-state index is 11.8. The molecule has 1 aromatic rings. The molecule has 3 amide bonds. The lowest BCUT2D eigenvalue weighted by molar-refractivity contribution is -0.142. The van der Waals surface area contributed by atoms with E-state index in [0.29, 0.717) is 6.42 Å². The van der Waals surface area contributed by atoms with Crippen LogP contribution >= 0.6 is 0 Å². The molecule has 0 bridgehead atoms. The van der Waals surface area contributed by atoms with E-state index in [1.165, 1.54) is 6.92 Å². The van der Waals surface area contributed by atoms with Crippen molar-refractivity contribution in [1.29, 1.82) is 0 Å². The lowest BCUT2D eigenvalue weighted by atomic mass is 10.0. The van der Waals surface area contributed by atoms with Gasteiger partial charge in [-0.15, -0.1) is 0 Å². The third kappa shape index (κ3) is 5.94. The molecule has 2 atom stereocenters. The van der Waals surface area contributed by atoms with Gasteiger partial charge in [-0.1, -0.05) is 30.3 Å². The SMILES string of the molecule is CC(NC(N)=O)C(=O)NC(CCc1ccccc1)C(=O)O. The zero-order chi connectivity index (χ0) is 15.8. The standard InChI is InChI=1S/C14H19N3O4/c1-9(16-14(15)21)12(18)17-11(13(19)20)8-7-10-5-3-2-4-6-10/h2-6,9,11H,7-8H2,1H3,(H,17,18)(H,19,20)(H3,15,16,21). The highest BCUT2D eigenvalue weighted by atomic mass is 16.4. The number of hydrogen-bond donors (Lipinski definition) is 4. The number of carbonyl (C=O) groups excluding carboxylic acids is 2. The number of amides is 3. The summed E-state index contributed by atoms with van der Waals surface area (Å²) in [6.07, 6.45) is 0.782. The minimum absolute atomic E-state index is 0.258. The van der Waals surface area contributed by atoms with E-state index in [1.807, 2.05) is 30.3 Å². The van der Waals surface area contributed by atoms with Crippen LogP contribution in [0, 0.1) is 0 Å². The van der Waals surface area contributed by atoms with E-state index >= 15 is 0 Å². The van der Waals surface area contributed by atoms with Crippen LogP contribution in [-0.4, -0.2) is 35.1 Å². The van der Waals surface area contributed by atoms with Crippen molar-refractivity contribution in [2.45, 2.75) is 31.8 Å². The lowest BCUT2D eigenvalue weighted by Crippen LogP contribution is -2.51. The van der Waals surface area contributed by atoms with Gasteiger partial charge in [-0.05, 0) is 25.3 Å². The highest BCUT2D eigenvalue weighted by Gasteiger charge is 2.23. The van der Waals surface area contributed by atoms with Gasteiger partial charge >= 0.3 is 12.0 Å². The third-order valence-electron chi connectivity index (χ3n) is 2.93. The summed E-state index contributed by atoms with van der Waals surface area (Å²) < 4.78 is 0. The summed E-state index contributed by atoms with van der Waals surface area (Å²) in [5.41, 5.74) is 5.90. The van der Waals surface area contributed by atoms with Gasteiger partial charge in [-0.25, -0.2) is 9.59 Å². The first kappa shape index (κ1) is 16.5. The second-order valence-electron chi connectivity index (χ2n) is 4.65. The van der Waals surface area contributed by atoms with Gasteiger partial charge in [-0.3, -0.25) is 4.79 Å². The van der Waals surface area contributed by atoms with Gasteiger partial charge < -0.3 is 21.5 Å². The first-order valence-corrected chi connectivity index (χ1v) is 6.53. The van der Waals surface area contributed by atoms with E-state index in [1.54, 1.807) is 0 Å². The Morgan fingerprint density at radius 3 is 2.33 bits per heavy atom. The Morgan fingerprint density at radius 2 is 1.81 bits per heavy atom. The van der Waals surface area contributed by atoms with Gasteiger partial charge in [-0.2, -0.15) is 0 Å². The van der Waals surface area contributed by atoms with Crippen LogP contribution in [0.15, 0.2) is 30.3 Å². The van der Waals surface area contributed by atoms with Gasteiger partial charge in [0.1, 0.15) is 12.1 Å². The quantitative estimate of drug-likeness (QED) is 0.575. The fraction of sp³-hybridized carbons (Fsp3) is 0.357. The molecule has 0 aliphatic rings. The van der Waals surface area contributed by atoms with E-state index in [9.17, 15) is 14.4 Å². The second kappa shape index (κ2) is 7.88. The lowest BCUT2D eigenvalue weighted by Gasteiger charge is -2.18. The first-order chi connectivity index (χ1) is 9.90. The molecule has 0 saturated heterocycles. The van der Waals surface area contributed by atoms with Crippen LogP contribution < -0.4 is 16.4 Å². The number of primary amides is 1. The summed E-state index contributed by atoms with van der Waals surface area (Å²) in [6.45, 7) is 1.43. The Labute approximate surface area is 122 Å². The van der Waals surface area contributed by atoms with Gasteiger partial charge in [0, 0.05) is 0 Å². The predicted octanol–water partition coefficient (Wildman–Crippen LogP) is 0.245. The monoisotopic (exact) mass is 293 g/mol. The topological polar surface area (TPSA) is 122 Å². The van der Waals surface area contributed by atoms with Gasteiger partial charge in [0.15, 0.2) is 0 Å². The molecular weight excluding hydrogens is 274 g/mol. The van der Waals surface area contributed by atoms with Crippen LogP contribution in [0.3, 0.4) is 0 Å². The number of carboxylic acids is 1. The number of aryl methyl sites for hydroxylation is 1. The van der Waals surface area contributed by atoms with E-state index in [-0.39, 0.29) is 6.42 Å². The summed E-state index contributed by atoms with van der Waals surface area (Å²) in [5, 5.41) is 13.7. The Balaban J connectivity index is 2.55. The predicted molar refractivity (Wildman–Crippen MR) is 76.5 cm³/mol. The van der Waals surface area contributed by atoms with Crippen LogP contribution in [0.5, 0.6) is 0 Å². The van der Waals surface area contributed by atoms with E-state index in [2.05, 4.69) is 10.6 Å². The Hall–Kier alpha value is -2.57. The number of hydrogen-bond acceptors (Lipinski definition) is 3. The van der Waals surface area contributed by atoms with Crippen molar-refractivity contribution < 1.29 is 19.5 Å². The average molecular weight is 293 g/mol. The van der Waals surface area contributed by atoms with Crippen molar-refractivity contribution in [2.75, 3.05) is 0 Å². The zero-order valence-corrected chi connectivity index (χ0v) is 11.7. The number of nitrogens with two attached hydrogens (primary N) is 1. The number of rotatable bonds is 7. The van der Waals surface area contributed by atoms with E-state index in [0.717, 1.165) is 5.56 Å². The number of aliphatic carboxylic acids is 1. The third-order valence-corrected chi connectivity index (χ3v) is 2.93. The number of urea groups is 1. The molecule has 0 aliphatic heterocycles. The summed E-state index contributed by atoms with van der Waals surface area (Å²) in [5.74, 6) is -1.71. The molecule has 0 heterocycles. The Morgan fingerprint density at radius 1 is 1.19 bits per heavy atom. The molecule has 1 rings (SSSR count). The smallest absolute Gasteiger partial charge is 0.326 e. The zero-order valence-electron chi connectivity index (χ0n) is 11.7. The van der Waals surface area contributed by atoms with Crippen molar-refractivity contribution in [1.82, 2.24) is 10.6 Å². The van der Waals surface area contributed by atoms with Gasteiger partial charge in [0.25, 0.3) is 0 Å². The van der Waals surface area contributed by atoms with Crippen molar-refractivity contribution >= 4 is 17.9 Å². The molecule has 0 spiro atoms. The Kier molecular flexibility index (Phi) is 6.19. The van der Waals surface area contributed by atoms with Crippen molar-refractivity contribution in [2.24, 2.45) is 5.73 Å². The molecule has 2 unspecified atom stereocenters. The van der Waals surface area contributed by atoms with Crippen molar-refractivity contribution in [3.8, 4) is 0 Å². The molecule has 7 heteroatoms. The molecule has 0 radical (unpaired) electrons. The van der Waals surface area contributed by atoms with Crippen LogP contribution in [-0.2, 0) is 16.0 Å². The molecule has 21 heavy (non-hydrogen) atoms. The summed E-state index contributed by atoms with van der Waals surface area (Å²) in [6, 6.07) is 6.63. The largest absolute Gasteiger partial charge is 0.480 e. The fourth-order valence-electron chi connectivity index (χ4n) is 1.79. The van der Waals surface area contributed by atoms with Crippen molar-refractivity contribution in [3.05, 3.63) is 35.9 Å². The van der Waals surface area contributed by atoms with Crippen LogP contribution in [0.4, 0.5) is 4.79 Å². The van der Waals surface area contributed by atoms with E-state index < -0.39 is 30.0 Å². The number of carboxylic acid groups (broad SMARTS) is 1. The van der Waals surface area contributed by atoms with Crippen LogP contribution in [0.2, 0.25) is 0 Å². The average Bonchev–Trinajstić information content (AvgIpc) is 2.43. The second-order valence-corrected chi connectivity index (χ2v) is 4.65. The molecule has 7 nitrogen and oxygen atoms in total. The van der Waals surface area contributed by atoms with Gasteiger partial charge in [0.2, 0.25) is 5.91 Å². The molecule has 114 valence electrons. The number of carbonyl (C=O) groups is 3. The van der Waals surface area contributed by atoms with Crippen LogP contribution in [0.25, 0.3) is 0 Å². The first-order valence-electron chi connectivity index (χ1n) is 6.53. The minimum Gasteiger partial charge on any atom is -0.480 e. The molecule has 0 fully saturated rings. The fourth-order valence-corrected chi connectivity index (χ4v) is 1.79. The maximum Gasteiger partial charge on any atom is 0.326 e. The van der Waals surface area contributed by atoms with Gasteiger partial charge in [0.05, 0.1) is 0 Å². The molecule has 0 aromatic heterocycles. The summed E-state index contributed by atoms with van der Waals surface area (Å²) in [7, 11) is 0. The molecular formula is C14H19N3O4. The molecule has 1 aromatic carbocycles. The normalized spacial score (nSPS) is 13.0. The molecule has 0 saturated carbocycles.